The highest BCUT2D eigenvalue weighted by Crippen LogP contribution is 2.33. The van der Waals surface area contributed by atoms with E-state index in [1.807, 2.05) is 28.5 Å². The molecule has 0 atom stereocenters. The van der Waals surface area contributed by atoms with E-state index in [1.165, 1.54) is 29.7 Å². The average molecular weight is 821 g/mol. The van der Waals surface area contributed by atoms with Crippen LogP contribution >= 0.6 is 22.7 Å². The topological polar surface area (TPSA) is 126 Å². The van der Waals surface area contributed by atoms with E-state index in [0.29, 0.717) is 63.5 Å². The van der Waals surface area contributed by atoms with Gasteiger partial charge in [0.25, 0.3) is 11.8 Å². The van der Waals surface area contributed by atoms with Crippen LogP contribution in [0.1, 0.15) is 103 Å². The van der Waals surface area contributed by atoms with E-state index in [4.69, 9.17) is 14.2 Å². The van der Waals surface area contributed by atoms with Gasteiger partial charge in [0.05, 0.1) is 49.1 Å². The Balaban J connectivity index is 0.792. The zero-order valence-corrected chi connectivity index (χ0v) is 35.4. The summed E-state index contributed by atoms with van der Waals surface area (Å²) < 4.78 is 18.1. The summed E-state index contributed by atoms with van der Waals surface area (Å²) in [6.45, 7) is 12.1. The Bertz CT molecular complexity index is 1800. The number of thiophene rings is 1. The normalized spacial score (nSPS) is 18.7. The number of morpholine rings is 1. The van der Waals surface area contributed by atoms with Crippen molar-refractivity contribution in [2.45, 2.75) is 102 Å². The smallest absolute Gasteiger partial charge is 0.273 e. The summed E-state index contributed by atoms with van der Waals surface area (Å²) in [7, 11) is 0. The van der Waals surface area contributed by atoms with Gasteiger partial charge in [-0.05, 0) is 67.3 Å². The predicted octanol–water partition coefficient (Wildman–Crippen LogP) is 6.11. The molecule has 2 saturated heterocycles. The van der Waals surface area contributed by atoms with E-state index >= 15 is 0 Å². The van der Waals surface area contributed by atoms with E-state index in [1.54, 1.807) is 22.7 Å². The van der Waals surface area contributed by atoms with Crippen molar-refractivity contribution >= 4 is 46.1 Å². The number of ether oxygens (including phenoxy) is 3. The summed E-state index contributed by atoms with van der Waals surface area (Å²) in [5.41, 5.74) is 3.42. The molecule has 2 N–H and O–H groups in total. The summed E-state index contributed by atoms with van der Waals surface area (Å²) in [5, 5.41) is 11.6. The van der Waals surface area contributed by atoms with E-state index in [-0.39, 0.29) is 29.9 Å². The number of likely N-dealkylation sites (tertiary alicyclic amines) is 1. The highest BCUT2D eigenvalue weighted by molar-refractivity contribution is 7.10. The Labute approximate surface area is 345 Å². The standard InChI is InChI=1S/C43H60N6O6S2/c1-31(2)41-46-37(29-57-41)42(52)48-21-24-55-43(30-48)14-18-47(19-15-43)26-32-25-35(56-28-32)12-22-53-23-13-39(51)49(34-8-4-3-5-9-34)20-17-44-16-11-33-7-6-10-36-40(33)54-27-38(50)45-36/h6-7,10,25,28-29,31,34,44H,3-5,8-9,11-24,26-27,30H2,1-2H3,(H,45,50). The van der Waals surface area contributed by atoms with Gasteiger partial charge in [0.2, 0.25) is 5.91 Å². The molecule has 0 radical (unpaired) electrons. The molecule has 3 amide bonds. The van der Waals surface area contributed by atoms with Gasteiger partial charge in [-0.3, -0.25) is 19.3 Å². The third-order valence-electron chi connectivity index (χ3n) is 11.8. The van der Waals surface area contributed by atoms with Crippen molar-refractivity contribution in [3.63, 3.8) is 0 Å². The minimum atomic E-state index is -0.272. The maximum atomic E-state index is 13.5. The quantitative estimate of drug-likeness (QED) is 0.155. The van der Waals surface area contributed by atoms with Crippen LogP contribution in [0.25, 0.3) is 0 Å². The molecule has 1 aromatic carbocycles. The Morgan fingerprint density at radius 2 is 1.91 bits per heavy atom. The number of anilines is 1. The van der Waals surface area contributed by atoms with Gasteiger partial charge in [0.1, 0.15) is 11.4 Å². The van der Waals surface area contributed by atoms with E-state index in [9.17, 15) is 14.4 Å². The van der Waals surface area contributed by atoms with Gasteiger partial charge < -0.3 is 34.6 Å². The first-order valence-corrected chi connectivity index (χ1v) is 22.8. The lowest BCUT2D eigenvalue weighted by molar-refractivity contribution is -0.135. The van der Waals surface area contributed by atoms with Crippen LogP contribution in [-0.2, 0) is 38.4 Å². The lowest BCUT2D eigenvalue weighted by Crippen LogP contribution is -2.57. The molecule has 3 aromatic rings. The second-order valence-electron chi connectivity index (χ2n) is 16.3. The van der Waals surface area contributed by atoms with Crippen LogP contribution in [0.15, 0.2) is 35.0 Å². The molecule has 4 aliphatic rings. The fraction of sp³-hybridized carbons (Fsp3) is 0.628. The van der Waals surface area contributed by atoms with Crippen LogP contribution in [0.3, 0.4) is 0 Å². The highest BCUT2D eigenvalue weighted by atomic mass is 32.1. The predicted molar refractivity (Wildman–Crippen MR) is 224 cm³/mol. The number of nitrogens with zero attached hydrogens (tertiary/aromatic N) is 4. The second-order valence-corrected chi connectivity index (χ2v) is 18.2. The van der Waals surface area contributed by atoms with E-state index in [2.05, 4.69) is 50.7 Å². The van der Waals surface area contributed by atoms with Crippen molar-refractivity contribution in [1.29, 1.82) is 0 Å². The van der Waals surface area contributed by atoms with Gasteiger partial charge in [0, 0.05) is 67.9 Å². The monoisotopic (exact) mass is 820 g/mol. The molecular formula is C43H60N6O6S2. The fourth-order valence-corrected chi connectivity index (χ4v) is 10.2. The summed E-state index contributed by atoms with van der Waals surface area (Å²) in [6, 6.07) is 8.45. The van der Waals surface area contributed by atoms with Gasteiger partial charge in [-0.2, -0.15) is 0 Å². The number of nitrogens with one attached hydrogen (secondary N) is 2. The van der Waals surface area contributed by atoms with Crippen LogP contribution in [0.5, 0.6) is 5.75 Å². The third kappa shape index (κ3) is 11.2. The molecule has 1 spiro atoms. The van der Waals surface area contributed by atoms with Gasteiger partial charge in [-0.25, -0.2) is 4.98 Å². The molecular weight excluding hydrogens is 761 g/mol. The molecule has 7 rings (SSSR count). The highest BCUT2D eigenvalue weighted by Gasteiger charge is 2.41. The van der Waals surface area contributed by atoms with Gasteiger partial charge in [-0.15, -0.1) is 22.7 Å². The molecule has 12 nitrogen and oxygen atoms in total. The molecule has 57 heavy (non-hydrogen) atoms. The van der Waals surface area contributed by atoms with Crippen molar-refractivity contribution in [3.8, 4) is 5.75 Å². The average Bonchev–Trinajstić information content (AvgIpc) is 3.91. The zero-order chi connectivity index (χ0) is 39.6. The minimum absolute atomic E-state index is 0.0275. The Hall–Kier alpha value is -3.40. The molecule has 0 unspecified atom stereocenters. The number of carbonyl (C=O) groups excluding carboxylic acids is 3. The summed E-state index contributed by atoms with van der Waals surface area (Å²) in [5.74, 6) is 1.17. The van der Waals surface area contributed by atoms with Crippen molar-refractivity contribution in [3.05, 3.63) is 61.7 Å². The number of carbonyl (C=O) groups is 3. The van der Waals surface area contributed by atoms with E-state index in [0.717, 1.165) is 93.3 Å². The van der Waals surface area contributed by atoms with Crippen molar-refractivity contribution in [2.24, 2.45) is 0 Å². The van der Waals surface area contributed by atoms with Gasteiger partial charge in [0.15, 0.2) is 6.61 Å². The lowest BCUT2D eigenvalue weighted by Gasteiger charge is -2.47. The first-order valence-electron chi connectivity index (χ1n) is 21.0. The Morgan fingerprint density at radius 1 is 1.07 bits per heavy atom. The van der Waals surface area contributed by atoms with Crippen LogP contribution in [0.4, 0.5) is 5.69 Å². The molecule has 3 aliphatic heterocycles. The number of benzene rings is 1. The molecule has 1 saturated carbocycles. The molecule has 0 bridgehead atoms. The zero-order valence-electron chi connectivity index (χ0n) is 33.7. The van der Waals surface area contributed by atoms with Crippen LogP contribution < -0.4 is 15.4 Å². The van der Waals surface area contributed by atoms with Crippen molar-refractivity contribution in [1.82, 2.24) is 25.0 Å². The third-order valence-corrected chi connectivity index (χ3v) is 14.0. The molecule has 1 aliphatic carbocycles. The van der Waals surface area contributed by atoms with Crippen LogP contribution in [0.2, 0.25) is 0 Å². The number of hydrogen-bond acceptors (Lipinski definition) is 11. The number of thiazole rings is 1. The Kier molecular flexibility index (Phi) is 14.7. The van der Waals surface area contributed by atoms with E-state index < -0.39 is 0 Å². The summed E-state index contributed by atoms with van der Waals surface area (Å²) >= 11 is 3.35. The van der Waals surface area contributed by atoms with Crippen molar-refractivity contribution in [2.75, 3.05) is 77.6 Å². The van der Waals surface area contributed by atoms with Crippen molar-refractivity contribution < 1.29 is 28.6 Å². The molecule has 5 heterocycles. The Morgan fingerprint density at radius 3 is 2.72 bits per heavy atom. The number of hydrogen-bond donors (Lipinski definition) is 2. The number of fused-ring (bicyclic) bond motifs is 1. The molecule has 14 heteroatoms. The molecule has 2 aromatic heterocycles. The fourth-order valence-electron chi connectivity index (χ4n) is 8.55. The molecule has 310 valence electrons. The number of rotatable bonds is 17. The maximum absolute atomic E-state index is 13.5. The SMILES string of the molecule is CC(C)c1nc(C(=O)N2CCOC3(CCN(Cc4csc(CCOCCC(=O)N(CCNCCc5cccc6c5OCC(=O)N6)C5CCCCC5)c4)CC3)C2)cs1. The van der Waals surface area contributed by atoms with Gasteiger partial charge >= 0.3 is 0 Å². The van der Waals surface area contributed by atoms with Gasteiger partial charge in [-0.1, -0.05) is 45.2 Å². The molecule has 3 fully saturated rings. The summed E-state index contributed by atoms with van der Waals surface area (Å²) in [6.07, 6.45) is 9.61. The first kappa shape index (κ1) is 41.7. The number of amides is 3. The lowest BCUT2D eigenvalue weighted by atomic mass is 9.89. The number of piperidine rings is 1. The van der Waals surface area contributed by atoms with Crippen LogP contribution in [-0.4, -0.2) is 121 Å². The second kappa shape index (κ2) is 20.0. The first-order chi connectivity index (χ1) is 27.7. The largest absolute Gasteiger partial charge is 0.481 e. The number of para-hydroxylation sites is 1. The summed E-state index contributed by atoms with van der Waals surface area (Å²) in [4.78, 5) is 51.0. The number of aromatic nitrogens is 1. The minimum Gasteiger partial charge on any atom is -0.481 e. The maximum Gasteiger partial charge on any atom is 0.273 e. The van der Waals surface area contributed by atoms with Crippen LogP contribution in [0, 0.1) is 0 Å².